The second-order valence-electron chi connectivity index (χ2n) is 32.4. The quantitative estimate of drug-likeness (QED) is 0.0262. The van der Waals surface area contributed by atoms with Crippen LogP contribution in [0.15, 0.2) is 223 Å². The number of H-pyrrole nitrogens is 1. The summed E-state index contributed by atoms with van der Waals surface area (Å²) >= 11 is 0. The molecular formula is C89H113F9N12O8S8. The number of aliphatic carboxylic acids is 1. The number of hydrogen-bond donors (Lipinski definition) is 5. The minimum Gasteiger partial charge on any atom is -0.481 e. The Morgan fingerprint density at radius 2 is 0.754 bits per heavy atom. The number of aromatic amines is 1. The molecule has 3 aliphatic carbocycles. The fraction of sp³-hybridized carbons (Fsp3) is 0.393. The van der Waals surface area contributed by atoms with Crippen LogP contribution >= 0.6 is 81.0 Å². The summed E-state index contributed by atoms with van der Waals surface area (Å²) < 4.78 is 177. The van der Waals surface area contributed by atoms with Crippen LogP contribution in [0.1, 0.15) is 120 Å². The Morgan fingerprint density at radius 3 is 1.06 bits per heavy atom. The molecule has 0 unspecified atom stereocenters. The van der Waals surface area contributed by atoms with Crippen molar-refractivity contribution in [1.29, 1.82) is 0 Å². The van der Waals surface area contributed by atoms with Gasteiger partial charge in [0.25, 0.3) is 20.0 Å². The molecule has 3 aromatic heterocycles. The van der Waals surface area contributed by atoms with Gasteiger partial charge in [0.05, 0.1) is 67.6 Å². The maximum Gasteiger partial charge on any atom is 0.395 e. The van der Waals surface area contributed by atoms with E-state index in [1.54, 1.807) is 158 Å². The van der Waals surface area contributed by atoms with Crippen molar-refractivity contribution in [2.75, 3.05) is 61.9 Å². The van der Waals surface area contributed by atoms with Crippen molar-refractivity contribution in [1.82, 2.24) is 53.9 Å². The van der Waals surface area contributed by atoms with Crippen molar-refractivity contribution in [3.05, 3.63) is 257 Å². The van der Waals surface area contributed by atoms with Gasteiger partial charge in [0.15, 0.2) is 0 Å². The molecule has 20 nitrogen and oxygen atoms in total. The second-order valence-corrected chi connectivity index (χ2v) is 35.9. The highest BCUT2D eigenvalue weighted by atomic mass is 32.2. The highest BCUT2D eigenvalue weighted by molar-refractivity contribution is 7.90. The highest BCUT2D eigenvalue weighted by Crippen LogP contribution is 2.68. The monoisotopic (exact) mass is 1900 g/mol. The molecule has 688 valence electrons. The van der Waals surface area contributed by atoms with E-state index in [1.165, 1.54) is 6.20 Å². The van der Waals surface area contributed by atoms with E-state index in [-0.39, 0.29) is 173 Å². The van der Waals surface area contributed by atoms with E-state index < -0.39 is 90.9 Å². The van der Waals surface area contributed by atoms with Crippen molar-refractivity contribution >= 4 is 152 Å². The van der Waals surface area contributed by atoms with Crippen LogP contribution in [0.4, 0.5) is 39.5 Å². The van der Waals surface area contributed by atoms with Crippen molar-refractivity contribution in [2.45, 2.75) is 155 Å². The number of aryl methyl sites for hydroxylation is 2. The Balaban J connectivity index is 0.000000305. The number of carbonyl (C=O) groups excluding carboxylic acids is 2. The van der Waals surface area contributed by atoms with Crippen molar-refractivity contribution in [3.8, 4) is 0 Å². The van der Waals surface area contributed by atoms with Gasteiger partial charge in [-0.05, 0) is 208 Å². The van der Waals surface area contributed by atoms with Gasteiger partial charge >= 0.3 is 24.5 Å². The first kappa shape index (κ1) is 108. The number of carboxylic acid groups (broad SMARTS) is 1. The Kier molecular flexibility index (Phi) is 39.0. The first-order valence-corrected chi connectivity index (χ1v) is 42.4. The molecule has 0 aliphatic heterocycles. The minimum absolute atomic E-state index is 0. The molecule has 3 fully saturated rings. The summed E-state index contributed by atoms with van der Waals surface area (Å²) in [6.45, 7) is 4.96. The first-order valence-electron chi connectivity index (χ1n) is 39.5. The van der Waals surface area contributed by atoms with Gasteiger partial charge in [-0.3, -0.25) is 19.5 Å². The number of fused-ring (bicyclic) bond motifs is 3. The molecule has 3 heterocycles. The summed E-state index contributed by atoms with van der Waals surface area (Å²) in [5.41, 5.74) is 8.93. The summed E-state index contributed by atoms with van der Waals surface area (Å²) in [4.78, 5) is 43.1. The summed E-state index contributed by atoms with van der Waals surface area (Å²) in [5.74, 6) is -4.77. The van der Waals surface area contributed by atoms with E-state index in [4.69, 9.17) is 10.8 Å². The maximum absolute atomic E-state index is 14.0. The van der Waals surface area contributed by atoms with Crippen LogP contribution in [0, 0.1) is 30.1 Å². The molecule has 6 atom stereocenters. The van der Waals surface area contributed by atoms with Crippen LogP contribution in [0.2, 0.25) is 0 Å². The zero-order valence-corrected chi connectivity index (χ0v) is 78.6. The van der Waals surface area contributed by atoms with E-state index >= 15 is 0 Å². The van der Waals surface area contributed by atoms with Crippen molar-refractivity contribution in [2.24, 2.45) is 22.0 Å². The largest absolute Gasteiger partial charge is 0.481 e. The number of benzene rings is 8. The van der Waals surface area contributed by atoms with E-state index in [0.29, 0.717) is 59.0 Å². The predicted octanol–water partition coefficient (Wildman–Crippen LogP) is 16.6. The fourth-order valence-electron chi connectivity index (χ4n) is 15.7. The number of aromatic nitrogens is 6. The van der Waals surface area contributed by atoms with Crippen LogP contribution in [0.25, 0.3) is 32.7 Å². The Morgan fingerprint density at radius 1 is 0.444 bits per heavy atom. The summed E-state index contributed by atoms with van der Waals surface area (Å²) in [6.07, 6.45) is -6.85. The second kappa shape index (κ2) is 45.4. The standard InChI is InChI=1S/C32H35F3N4O3S.C25H29F3N4O.C19H24N4O2S.C13H13F3O2.6H2S/c1-22-9-12-27(13-10-22)43(41,42)39-29-14-11-23(17-25(29)20-37-39)18-26(38(2)3)21-36-30(40)19-28(24-7-5-4-6-8-24)31(15-16-31)32(33,34)35;1-32(2)20(13-17-8-9-22-19(12-17)15-30-31-22)16-29-23(33)14-21(18-6-4-3-5-7-18)24(10-11-24)25(26,27)28;1-14-4-7-18(8-5-14)26(24,25)23-19-9-6-15(10-16(19)13-21-23)11-17(12-20)22(2)3;14-13(15,16)12(6-7-12)10(8-11(17)18)9-4-2-1-3-5-9;;;;;;/h4-14,17,20,26,28H,15-16,18-19,21H2,1-3H3,(H,36,40);3-9,12,15,20-21H,10-11,13-14,16H2,1-2H3,(H,29,33)(H,30,31);4-10,13,17H,11-12,20H2,1-3H3;1-5,10H,6-8H2,(H,17,18);6*1H2/t26-,28-;20-,21-;17-;10-;;;;;;/m0000....../s1. The van der Waals surface area contributed by atoms with E-state index in [1.807, 2.05) is 108 Å². The lowest BCUT2D eigenvalue weighted by atomic mass is 9.80. The summed E-state index contributed by atoms with van der Waals surface area (Å²) in [5, 5.41) is 32.3. The molecule has 126 heavy (non-hydrogen) atoms. The molecule has 0 saturated heterocycles. The number of likely N-dealkylation sites (N-methyl/N-ethyl adjacent to an activating group) is 3. The molecule has 37 heteroatoms. The van der Waals surface area contributed by atoms with Gasteiger partial charge in [0, 0.05) is 84.5 Å². The number of nitrogens with zero attached hydrogens (tertiary/aromatic N) is 8. The molecule has 0 bridgehead atoms. The van der Waals surface area contributed by atoms with Crippen LogP contribution in [0.5, 0.6) is 0 Å². The Hall–Kier alpha value is -8.21. The molecule has 3 saturated carbocycles. The maximum atomic E-state index is 14.0. The number of alkyl halides is 9. The number of hydrogen-bond acceptors (Lipinski definition) is 14. The number of carboxylic acids is 1. The number of nitrogens with one attached hydrogen (secondary N) is 3. The zero-order chi connectivity index (χ0) is 86.9. The van der Waals surface area contributed by atoms with Gasteiger partial charge in [0.2, 0.25) is 11.8 Å². The number of rotatable bonds is 30. The molecule has 11 aromatic rings. The normalized spacial score (nSPS) is 15.6. The lowest BCUT2D eigenvalue weighted by molar-refractivity contribution is -0.196. The van der Waals surface area contributed by atoms with Crippen molar-refractivity contribution < 1.29 is 75.8 Å². The summed E-state index contributed by atoms with van der Waals surface area (Å²) in [7, 11) is 4.03. The minimum atomic E-state index is -4.38. The van der Waals surface area contributed by atoms with Gasteiger partial charge in [-0.1, -0.05) is 145 Å². The van der Waals surface area contributed by atoms with Crippen molar-refractivity contribution in [3.63, 3.8) is 0 Å². The molecule has 0 radical (unpaired) electrons. The highest BCUT2D eigenvalue weighted by Gasteiger charge is 2.69. The number of nitrogens with two attached hydrogens (primary N) is 1. The van der Waals surface area contributed by atoms with Crippen LogP contribution < -0.4 is 16.4 Å². The lowest BCUT2D eigenvalue weighted by Crippen LogP contribution is -2.42. The summed E-state index contributed by atoms with van der Waals surface area (Å²) in [6, 6.07) is 55.8. The van der Waals surface area contributed by atoms with Crippen LogP contribution in [-0.2, 0) is 53.7 Å². The topological polar surface area (TPSA) is 264 Å². The molecular weight excluding hydrogens is 1790 g/mol. The zero-order valence-electron chi connectivity index (χ0n) is 71.0. The number of carbonyl (C=O) groups is 3. The fourth-order valence-corrected chi connectivity index (χ4v) is 18.2. The third kappa shape index (κ3) is 25.9. The average Bonchev–Trinajstić information content (AvgIpc) is 1.58. The molecule has 14 rings (SSSR count). The number of halogens is 9. The van der Waals surface area contributed by atoms with Gasteiger partial charge in [-0.2, -0.15) is 161 Å². The average molecular weight is 1910 g/mol. The molecule has 6 N–H and O–H groups in total. The smallest absolute Gasteiger partial charge is 0.395 e. The predicted molar refractivity (Wildman–Crippen MR) is 506 cm³/mol. The molecule has 8 aromatic carbocycles. The SMILES string of the molecule is CN(C)[C@H](CNC(=O)C[C@@H](c1ccccc1)C1(C(F)(F)F)CC1)Cc1ccc2[nH]ncc2c1.Cc1ccc(S(=O)(=O)n2ncc3cc(C[C@@H](CN)N(C)C)ccc32)cc1.Cc1ccc(S(=O)(=O)n2ncc3cc(C[C@@H](CNC(=O)C[C@@H](c4ccccc4)C4(C(F)(F)F)CC4)N(C)C)ccc32)cc1.O=C(O)C[C@@H](c1ccccc1)C1(C(F)(F)F)CC1.S.S.S.S.S.S. The molecule has 2 amide bonds. The van der Waals surface area contributed by atoms with Gasteiger partial charge in [0.1, 0.15) is 0 Å². The van der Waals surface area contributed by atoms with Gasteiger partial charge in [-0.25, -0.2) is 0 Å². The number of amides is 2. The molecule has 3 aliphatic rings. The molecule has 0 spiro atoms. The van der Waals surface area contributed by atoms with Crippen LogP contribution in [-0.4, -0.2) is 182 Å². The van der Waals surface area contributed by atoms with E-state index in [2.05, 4.69) is 42.0 Å². The Bertz CT molecular complexity index is 5570. The van der Waals surface area contributed by atoms with Crippen LogP contribution in [0.3, 0.4) is 0 Å². The third-order valence-corrected chi connectivity index (χ3v) is 26.8. The van der Waals surface area contributed by atoms with E-state index in [0.717, 1.165) is 58.7 Å². The first-order chi connectivity index (χ1) is 56.7. The Labute approximate surface area is 772 Å². The third-order valence-electron chi connectivity index (χ3n) is 23.6. The lowest BCUT2D eigenvalue weighted by Gasteiger charge is -2.30. The van der Waals surface area contributed by atoms with Gasteiger partial charge < -0.3 is 36.2 Å². The van der Waals surface area contributed by atoms with Gasteiger partial charge in [-0.15, -0.1) is 0 Å². The van der Waals surface area contributed by atoms with E-state index in [9.17, 15) is 70.7 Å².